The van der Waals surface area contributed by atoms with Crippen LogP contribution in [0.2, 0.25) is 0 Å². The van der Waals surface area contributed by atoms with Gasteiger partial charge in [0.25, 0.3) is 5.91 Å². The molecule has 0 radical (unpaired) electrons. The average molecular weight is 299 g/mol. The molecule has 0 aliphatic carbocycles. The minimum Gasteiger partial charge on any atom is -0.342 e. The first-order chi connectivity index (χ1) is 10.2. The van der Waals surface area contributed by atoms with E-state index in [1.54, 1.807) is 24.7 Å². The molecular weight excluding hydrogens is 286 g/mol. The number of hydrogen-bond donors (Lipinski definition) is 2. The smallest absolute Gasteiger partial charge is 0.269 e. The van der Waals surface area contributed by atoms with E-state index in [1.807, 2.05) is 24.4 Å². The molecule has 0 aromatic carbocycles. The molecule has 6 nitrogen and oxygen atoms in total. The molecule has 1 unspecified atom stereocenters. The lowest BCUT2D eigenvalue weighted by atomic mass is 10.2. The van der Waals surface area contributed by atoms with Crippen LogP contribution in [0.15, 0.2) is 42.2 Å². The molecular formula is C14H13N5OS. The minimum absolute atomic E-state index is 0.165. The fraction of sp³-hybridized carbons (Fsp3) is 0.143. The molecule has 7 heteroatoms. The Bertz CT molecular complexity index is 723. The summed E-state index contributed by atoms with van der Waals surface area (Å²) in [6, 6.07) is 5.28. The maximum atomic E-state index is 12.0. The molecule has 0 fully saturated rings. The number of pyridine rings is 1. The number of thiazole rings is 1. The lowest BCUT2D eigenvalue weighted by molar-refractivity contribution is 0.0935. The minimum atomic E-state index is -0.194. The molecule has 1 amide bonds. The summed E-state index contributed by atoms with van der Waals surface area (Å²) in [6.45, 7) is 1.91. The van der Waals surface area contributed by atoms with Crippen LogP contribution < -0.4 is 5.32 Å². The molecule has 0 saturated carbocycles. The van der Waals surface area contributed by atoms with Crippen LogP contribution in [0.1, 0.15) is 28.5 Å². The van der Waals surface area contributed by atoms with Crippen molar-refractivity contribution in [1.82, 2.24) is 25.5 Å². The van der Waals surface area contributed by atoms with Crippen molar-refractivity contribution < 1.29 is 4.79 Å². The lowest BCUT2D eigenvalue weighted by Crippen LogP contribution is -2.26. The topological polar surface area (TPSA) is 83.6 Å². The van der Waals surface area contributed by atoms with Gasteiger partial charge < -0.3 is 5.32 Å². The van der Waals surface area contributed by atoms with E-state index in [1.165, 1.54) is 11.3 Å². The Labute approximate surface area is 125 Å². The number of amides is 1. The Hall–Kier alpha value is -2.54. The van der Waals surface area contributed by atoms with Crippen molar-refractivity contribution in [3.8, 4) is 11.3 Å². The summed E-state index contributed by atoms with van der Waals surface area (Å²) >= 11 is 1.52. The number of aromatic amines is 1. The van der Waals surface area contributed by atoms with Crippen LogP contribution in [0.4, 0.5) is 0 Å². The molecule has 3 aromatic rings. The number of carbonyl (C=O) groups excluding carboxylic acids is 1. The molecule has 0 spiro atoms. The van der Waals surface area contributed by atoms with E-state index < -0.39 is 0 Å². The van der Waals surface area contributed by atoms with Gasteiger partial charge >= 0.3 is 0 Å². The van der Waals surface area contributed by atoms with Crippen molar-refractivity contribution in [2.24, 2.45) is 0 Å². The van der Waals surface area contributed by atoms with Gasteiger partial charge in [0.1, 0.15) is 10.7 Å². The number of nitrogens with zero attached hydrogens (tertiary/aromatic N) is 3. The lowest BCUT2D eigenvalue weighted by Gasteiger charge is -2.09. The number of nitrogens with one attached hydrogen (secondary N) is 2. The van der Waals surface area contributed by atoms with E-state index in [4.69, 9.17) is 0 Å². The monoisotopic (exact) mass is 299 g/mol. The average Bonchev–Trinajstić information content (AvgIpc) is 3.20. The summed E-state index contributed by atoms with van der Waals surface area (Å²) in [6.07, 6.45) is 5.01. The molecule has 0 aliphatic heterocycles. The van der Waals surface area contributed by atoms with Crippen LogP contribution in [-0.4, -0.2) is 26.1 Å². The predicted octanol–water partition coefficient (Wildman–Crippen LogP) is 2.42. The molecule has 1 atom stereocenters. The van der Waals surface area contributed by atoms with Crippen LogP contribution in [-0.2, 0) is 0 Å². The van der Waals surface area contributed by atoms with E-state index in [9.17, 15) is 4.79 Å². The molecule has 3 rings (SSSR count). The zero-order valence-corrected chi connectivity index (χ0v) is 12.1. The fourth-order valence-corrected chi connectivity index (χ4v) is 2.70. The highest BCUT2D eigenvalue weighted by Crippen LogP contribution is 2.25. The Morgan fingerprint density at radius 3 is 2.81 bits per heavy atom. The third kappa shape index (κ3) is 2.97. The van der Waals surface area contributed by atoms with Crippen LogP contribution in [0.3, 0.4) is 0 Å². The SMILES string of the molecule is CC(NC(=O)c1ccn[nH]1)c1nc(-c2ccncc2)cs1. The Morgan fingerprint density at radius 1 is 1.29 bits per heavy atom. The second-order valence-electron chi connectivity index (χ2n) is 4.47. The van der Waals surface area contributed by atoms with Gasteiger partial charge in [-0.3, -0.25) is 14.9 Å². The maximum absolute atomic E-state index is 12.0. The van der Waals surface area contributed by atoms with Gasteiger partial charge in [0, 0.05) is 29.5 Å². The number of hydrogen-bond acceptors (Lipinski definition) is 5. The van der Waals surface area contributed by atoms with Crippen molar-refractivity contribution in [2.75, 3.05) is 0 Å². The number of carbonyl (C=O) groups is 1. The van der Waals surface area contributed by atoms with Gasteiger partial charge in [-0.1, -0.05) is 0 Å². The summed E-state index contributed by atoms with van der Waals surface area (Å²) in [5.41, 5.74) is 2.34. The van der Waals surface area contributed by atoms with E-state index in [-0.39, 0.29) is 11.9 Å². The van der Waals surface area contributed by atoms with Crippen molar-refractivity contribution in [1.29, 1.82) is 0 Å². The quantitative estimate of drug-likeness (QED) is 0.775. The largest absolute Gasteiger partial charge is 0.342 e. The maximum Gasteiger partial charge on any atom is 0.269 e. The van der Waals surface area contributed by atoms with Gasteiger partial charge in [-0.2, -0.15) is 5.10 Å². The number of aromatic nitrogens is 4. The molecule has 21 heavy (non-hydrogen) atoms. The fourth-order valence-electron chi connectivity index (χ4n) is 1.86. The van der Waals surface area contributed by atoms with Crippen molar-refractivity contribution >= 4 is 17.2 Å². The molecule has 106 valence electrons. The second-order valence-corrected chi connectivity index (χ2v) is 5.36. The highest BCUT2D eigenvalue weighted by atomic mass is 32.1. The van der Waals surface area contributed by atoms with Crippen LogP contribution in [0, 0.1) is 0 Å². The van der Waals surface area contributed by atoms with E-state index in [2.05, 4.69) is 25.5 Å². The summed E-state index contributed by atoms with van der Waals surface area (Å²) in [7, 11) is 0. The van der Waals surface area contributed by atoms with Crippen LogP contribution in [0.5, 0.6) is 0 Å². The molecule has 0 aliphatic rings. The van der Waals surface area contributed by atoms with Crippen molar-refractivity contribution in [2.45, 2.75) is 13.0 Å². The number of H-pyrrole nitrogens is 1. The second kappa shape index (κ2) is 5.84. The van der Waals surface area contributed by atoms with Crippen LogP contribution >= 0.6 is 11.3 Å². The first-order valence-electron chi connectivity index (χ1n) is 6.40. The highest BCUT2D eigenvalue weighted by molar-refractivity contribution is 7.10. The standard InChI is InChI=1S/C14H13N5OS/c1-9(17-13(20)11-4-7-16-19-11)14-18-12(8-21-14)10-2-5-15-6-3-10/h2-9H,1H3,(H,16,19)(H,17,20). The highest BCUT2D eigenvalue weighted by Gasteiger charge is 2.15. The van der Waals surface area contributed by atoms with Gasteiger partial charge in [-0.25, -0.2) is 4.98 Å². The van der Waals surface area contributed by atoms with Crippen molar-refractivity contribution in [3.63, 3.8) is 0 Å². The zero-order chi connectivity index (χ0) is 14.7. The van der Waals surface area contributed by atoms with Crippen molar-refractivity contribution in [3.05, 3.63) is 52.9 Å². The van der Waals surface area contributed by atoms with E-state index in [0.29, 0.717) is 5.69 Å². The first-order valence-corrected chi connectivity index (χ1v) is 7.28. The first kappa shape index (κ1) is 13.4. The molecule has 3 heterocycles. The normalized spacial score (nSPS) is 12.0. The summed E-state index contributed by atoms with van der Waals surface area (Å²) in [5, 5.41) is 12.1. The van der Waals surface area contributed by atoms with Gasteiger partial charge in [0.05, 0.1) is 11.7 Å². The van der Waals surface area contributed by atoms with E-state index >= 15 is 0 Å². The zero-order valence-electron chi connectivity index (χ0n) is 11.3. The molecule has 0 bridgehead atoms. The Balaban J connectivity index is 1.73. The number of rotatable bonds is 4. The summed E-state index contributed by atoms with van der Waals surface area (Å²) in [5.74, 6) is -0.194. The van der Waals surface area contributed by atoms with Gasteiger partial charge in [-0.15, -0.1) is 11.3 Å². The Morgan fingerprint density at radius 2 is 2.10 bits per heavy atom. The van der Waals surface area contributed by atoms with E-state index in [0.717, 1.165) is 16.3 Å². The molecule has 0 saturated heterocycles. The summed E-state index contributed by atoms with van der Waals surface area (Å²) in [4.78, 5) is 20.5. The molecule has 3 aromatic heterocycles. The molecule has 2 N–H and O–H groups in total. The Kier molecular flexibility index (Phi) is 3.74. The third-order valence-corrected chi connectivity index (χ3v) is 3.99. The summed E-state index contributed by atoms with van der Waals surface area (Å²) < 4.78 is 0. The van der Waals surface area contributed by atoms with Gasteiger partial charge in [-0.05, 0) is 25.1 Å². The third-order valence-electron chi connectivity index (χ3n) is 2.96. The van der Waals surface area contributed by atoms with Gasteiger partial charge in [0.2, 0.25) is 0 Å². The predicted molar refractivity (Wildman–Crippen MR) is 79.8 cm³/mol. The van der Waals surface area contributed by atoms with Gasteiger partial charge in [0.15, 0.2) is 0 Å². The van der Waals surface area contributed by atoms with Crippen LogP contribution in [0.25, 0.3) is 11.3 Å².